The Hall–Kier alpha value is -1.22. The molecule has 0 saturated heterocycles. The predicted octanol–water partition coefficient (Wildman–Crippen LogP) is 4.35. The van der Waals surface area contributed by atoms with Gasteiger partial charge in [0.15, 0.2) is 0 Å². The number of aryl methyl sites for hydroxylation is 1. The highest BCUT2D eigenvalue weighted by atomic mass is 35.5. The van der Waals surface area contributed by atoms with Crippen molar-refractivity contribution in [1.29, 1.82) is 0 Å². The van der Waals surface area contributed by atoms with Crippen molar-refractivity contribution < 1.29 is 4.79 Å². The van der Waals surface area contributed by atoms with Gasteiger partial charge in [0, 0.05) is 17.3 Å². The molecule has 1 rings (SSSR count). The molecule has 100 valence electrons. The van der Waals surface area contributed by atoms with Crippen molar-refractivity contribution in [2.24, 2.45) is 0 Å². The van der Waals surface area contributed by atoms with E-state index >= 15 is 0 Å². The Morgan fingerprint density at radius 1 is 1.28 bits per heavy atom. The molecule has 2 amide bonds. The van der Waals surface area contributed by atoms with Gasteiger partial charge in [-0.05, 0) is 37.1 Å². The van der Waals surface area contributed by atoms with E-state index in [0.29, 0.717) is 5.02 Å². The Kier molecular flexibility index (Phi) is 6.58. The fourth-order valence-electron chi connectivity index (χ4n) is 1.69. The van der Waals surface area contributed by atoms with Crippen LogP contribution in [0.25, 0.3) is 0 Å². The van der Waals surface area contributed by atoms with Gasteiger partial charge in [-0.3, -0.25) is 0 Å². The van der Waals surface area contributed by atoms with Crippen LogP contribution in [0.4, 0.5) is 10.5 Å². The molecule has 2 N–H and O–H groups in total. The molecular weight excluding hydrogens is 248 g/mol. The predicted molar refractivity (Wildman–Crippen MR) is 77.4 cm³/mol. The summed E-state index contributed by atoms with van der Waals surface area (Å²) in [5.41, 5.74) is 1.76. The maximum Gasteiger partial charge on any atom is 0.319 e. The van der Waals surface area contributed by atoms with Crippen LogP contribution in [0.15, 0.2) is 18.2 Å². The zero-order valence-electron chi connectivity index (χ0n) is 11.1. The first-order valence-electron chi connectivity index (χ1n) is 6.44. The third kappa shape index (κ3) is 5.41. The molecule has 0 aliphatic carbocycles. The van der Waals surface area contributed by atoms with Crippen molar-refractivity contribution in [3.63, 3.8) is 0 Å². The lowest BCUT2D eigenvalue weighted by Crippen LogP contribution is -2.29. The third-order valence-corrected chi connectivity index (χ3v) is 2.99. The summed E-state index contributed by atoms with van der Waals surface area (Å²) in [7, 11) is 0. The molecule has 0 atom stereocenters. The molecule has 4 heteroatoms. The lowest BCUT2D eigenvalue weighted by atomic mass is 10.2. The van der Waals surface area contributed by atoms with E-state index in [1.807, 2.05) is 19.1 Å². The molecule has 1 aromatic rings. The van der Waals surface area contributed by atoms with Crippen LogP contribution in [0, 0.1) is 6.92 Å². The molecular formula is C14H21ClN2O. The SMILES string of the molecule is CCCCCCNC(=O)Nc1ccc(Cl)cc1C. The van der Waals surface area contributed by atoms with Crippen molar-refractivity contribution in [1.82, 2.24) is 5.32 Å². The van der Waals surface area contributed by atoms with E-state index in [1.165, 1.54) is 12.8 Å². The number of carbonyl (C=O) groups is 1. The van der Waals surface area contributed by atoms with Crippen molar-refractivity contribution >= 4 is 23.3 Å². The van der Waals surface area contributed by atoms with Gasteiger partial charge in [0.05, 0.1) is 0 Å². The summed E-state index contributed by atoms with van der Waals surface area (Å²) in [5, 5.41) is 6.35. The number of rotatable bonds is 6. The number of unbranched alkanes of at least 4 members (excludes halogenated alkanes) is 3. The van der Waals surface area contributed by atoms with Crippen LogP contribution in [0.1, 0.15) is 38.2 Å². The molecule has 3 nitrogen and oxygen atoms in total. The van der Waals surface area contributed by atoms with Crippen LogP contribution in [-0.2, 0) is 0 Å². The molecule has 0 aromatic heterocycles. The molecule has 0 radical (unpaired) electrons. The second kappa shape index (κ2) is 7.98. The van der Waals surface area contributed by atoms with E-state index in [1.54, 1.807) is 6.07 Å². The minimum Gasteiger partial charge on any atom is -0.338 e. The average molecular weight is 269 g/mol. The van der Waals surface area contributed by atoms with E-state index in [2.05, 4.69) is 17.6 Å². The highest BCUT2D eigenvalue weighted by Crippen LogP contribution is 2.19. The van der Waals surface area contributed by atoms with Crippen molar-refractivity contribution in [2.75, 3.05) is 11.9 Å². The van der Waals surface area contributed by atoms with Gasteiger partial charge in [-0.15, -0.1) is 0 Å². The first-order valence-corrected chi connectivity index (χ1v) is 6.82. The lowest BCUT2D eigenvalue weighted by Gasteiger charge is -2.10. The number of amides is 2. The van der Waals surface area contributed by atoms with Gasteiger partial charge in [-0.25, -0.2) is 4.79 Å². The van der Waals surface area contributed by atoms with Crippen molar-refractivity contribution in [3.05, 3.63) is 28.8 Å². The van der Waals surface area contributed by atoms with E-state index in [0.717, 1.165) is 30.6 Å². The number of benzene rings is 1. The van der Waals surface area contributed by atoms with E-state index in [-0.39, 0.29) is 6.03 Å². The number of carbonyl (C=O) groups excluding carboxylic acids is 1. The molecule has 0 heterocycles. The van der Waals surface area contributed by atoms with E-state index in [4.69, 9.17) is 11.6 Å². The number of nitrogens with one attached hydrogen (secondary N) is 2. The smallest absolute Gasteiger partial charge is 0.319 e. The van der Waals surface area contributed by atoms with Crippen LogP contribution < -0.4 is 10.6 Å². The Morgan fingerprint density at radius 2 is 2.06 bits per heavy atom. The maximum absolute atomic E-state index is 11.6. The fraction of sp³-hybridized carbons (Fsp3) is 0.500. The minimum atomic E-state index is -0.156. The first-order chi connectivity index (χ1) is 8.63. The van der Waals surface area contributed by atoms with Gasteiger partial charge >= 0.3 is 6.03 Å². The first kappa shape index (κ1) is 14.8. The molecule has 0 aliphatic rings. The molecule has 0 saturated carbocycles. The minimum absolute atomic E-state index is 0.156. The maximum atomic E-state index is 11.6. The largest absolute Gasteiger partial charge is 0.338 e. The Labute approximate surface area is 114 Å². The fourth-order valence-corrected chi connectivity index (χ4v) is 1.91. The normalized spacial score (nSPS) is 10.2. The van der Waals surface area contributed by atoms with E-state index in [9.17, 15) is 4.79 Å². The Bertz CT molecular complexity index is 393. The zero-order valence-corrected chi connectivity index (χ0v) is 11.8. The van der Waals surface area contributed by atoms with Crippen LogP contribution in [0.5, 0.6) is 0 Å². The number of urea groups is 1. The molecule has 18 heavy (non-hydrogen) atoms. The van der Waals surface area contributed by atoms with Gasteiger partial charge in [0.2, 0.25) is 0 Å². The molecule has 0 spiro atoms. The quantitative estimate of drug-likeness (QED) is 0.740. The summed E-state index contributed by atoms with van der Waals surface area (Å²) in [6.07, 6.45) is 4.62. The van der Waals surface area contributed by atoms with E-state index < -0.39 is 0 Å². The zero-order chi connectivity index (χ0) is 13.4. The van der Waals surface area contributed by atoms with Gasteiger partial charge in [0.25, 0.3) is 0 Å². The average Bonchev–Trinajstić information content (AvgIpc) is 2.32. The second-order valence-corrected chi connectivity index (χ2v) is 4.84. The number of hydrogen-bond acceptors (Lipinski definition) is 1. The summed E-state index contributed by atoms with van der Waals surface area (Å²) in [5.74, 6) is 0. The molecule has 0 bridgehead atoms. The van der Waals surface area contributed by atoms with Crippen LogP contribution in [0.3, 0.4) is 0 Å². The molecule has 0 aliphatic heterocycles. The standard InChI is InChI=1S/C14H21ClN2O/c1-3-4-5-6-9-16-14(18)17-13-8-7-12(15)10-11(13)2/h7-8,10H,3-6,9H2,1-2H3,(H2,16,17,18). The van der Waals surface area contributed by atoms with Gasteiger partial charge in [0.1, 0.15) is 0 Å². The molecule has 1 aromatic carbocycles. The summed E-state index contributed by atoms with van der Waals surface area (Å²) >= 11 is 5.86. The third-order valence-electron chi connectivity index (χ3n) is 2.75. The molecule has 0 fully saturated rings. The monoisotopic (exact) mass is 268 g/mol. The van der Waals surface area contributed by atoms with Crippen LogP contribution in [-0.4, -0.2) is 12.6 Å². The summed E-state index contributed by atoms with van der Waals surface area (Å²) in [6, 6.07) is 5.26. The second-order valence-electron chi connectivity index (χ2n) is 4.40. The molecule has 0 unspecified atom stereocenters. The van der Waals surface area contributed by atoms with Crippen molar-refractivity contribution in [2.45, 2.75) is 39.5 Å². The highest BCUT2D eigenvalue weighted by Gasteiger charge is 2.03. The number of hydrogen-bond donors (Lipinski definition) is 2. The van der Waals surface area contributed by atoms with Gasteiger partial charge in [-0.2, -0.15) is 0 Å². The van der Waals surface area contributed by atoms with Crippen LogP contribution in [0.2, 0.25) is 5.02 Å². The number of halogens is 1. The van der Waals surface area contributed by atoms with Crippen LogP contribution >= 0.6 is 11.6 Å². The summed E-state index contributed by atoms with van der Waals surface area (Å²) in [6.45, 7) is 4.81. The highest BCUT2D eigenvalue weighted by molar-refractivity contribution is 6.30. The van der Waals surface area contributed by atoms with Crippen molar-refractivity contribution in [3.8, 4) is 0 Å². The van der Waals surface area contributed by atoms with Gasteiger partial charge < -0.3 is 10.6 Å². The van der Waals surface area contributed by atoms with Gasteiger partial charge in [-0.1, -0.05) is 37.8 Å². The summed E-state index contributed by atoms with van der Waals surface area (Å²) in [4.78, 5) is 11.6. The summed E-state index contributed by atoms with van der Waals surface area (Å²) < 4.78 is 0. The Balaban J connectivity index is 2.31. The number of anilines is 1. The Morgan fingerprint density at radius 3 is 2.72 bits per heavy atom. The lowest BCUT2D eigenvalue weighted by molar-refractivity contribution is 0.252. The topological polar surface area (TPSA) is 41.1 Å².